The highest BCUT2D eigenvalue weighted by molar-refractivity contribution is 5.78. The third-order valence-corrected chi connectivity index (χ3v) is 4.71. The van der Waals surface area contributed by atoms with Crippen LogP contribution in [0.5, 0.6) is 17.2 Å². The van der Waals surface area contributed by atoms with Crippen LogP contribution in [0.3, 0.4) is 0 Å². The number of hydrogen-bond donors (Lipinski definition) is 2. The maximum atomic E-state index is 6.10. The Kier molecular flexibility index (Phi) is 7.00. The number of methoxy groups -OCH3 is 1. The molecule has 2 aromatic rings. The average Bonchev–Trinajstić information content (AvgIpc) is 2.72. The van der Waals surface area contributed by atoms with Gasteiger partial charge in [-0.1, -0.05) is 24.3 Å². The molecular formula is C22H29N3O3. The van der Waals surface area contributed by atoms with Crippen molar-refractivity contribution < 1.29 is 14.2 Å². The molecule has 2 aromatic carbocycles. The summed E-state index contributed by atoms with van der Waals surface area (Å²) in [5.74, 6) is 2.94. The van der Waals surface area contributed by atoms with Crippen LogP contribution >= 0.6 is 0 Å². The average molecular weight is 383 g/mol. The number of aryl methyl sites for hydroxylation is 1. The van der Waals surface area contributed by atoms with Gasteiger partial charge >= 0.3 is 0 Å². The van der Waals surface area contributed by atoms with Crippen LogP contribution in [0.4, 0.5) is 0 Å². The number of guanidine groups is 1. The molecule has 6 heteroatoms. The van der Waals surface area contributed by atoms with Crippen molar-refractivity contribution in [2.45, 2.75) is 32.2 Å². The molecule has 0 bridgehead atoms. The molecule has 0 aromatic heterocycles. The Hall–Kier alpha value is -2.89. The fraction of sp³-hybridized carbons (Fsp3) is 0.409. The minimum absolute atomic E-state index is 0.143. The van der Waals surface area contributed by atoms with E-state index in [0.717, 1.165) is 42.1 Å². The van der Waals surface area contributed by atoms with Gasteiger partial charge in [0.25, 0.3) is 0 Å². The lowest BCUT2D eigenvalue weighted by atomic mass is 10.0. The number of hydrogen-bond acceptors (Lipinski definition) is 4. The molecule has 6 nitrogen and oxygen atoms in total. The van der Waals surface area contributed by atoms with Gasteiger partial charge in [-0.05, 0) is 43.5 Å². The minimum Gasteiger partial charge on any atom is -0.493 e. The molecule has 28 heavy (non-hydrogen) atoms. The van der Waals surface area contributed by atoms with Crippen molar-refractivity contribution in [1.29, 1.82) is 0 Å². The van der Waals surface area contributed by atoms with Crippen molar-refractivity contribution in [2.24, 2.45) is 10.7 Å². The zero-order valence-electron chi connectivity index (χ0n) is 16.6. The summed E-state index contributed by atoms with van der Waals surface area (Å²) in [6.07, 6.45) is 2.69. The van der Waals surface area contributed by atoms with Crippen molar-refractivity contribution in [3.63, 3.8) is 0 Å². The van der Waals surface area contributed by atoms with E-state index in [0.29, 0.717) is 25.7 Å². The number of aliphatic imine (C=N–C) groups is 1. The third-order valence-electron chi connectivity index (χ3n) is 4.71. The van der Waals surface area contributed by atoms with Crippen LogP contribution in [-0.2, 0) is 6.42 Å². The van der Waals surface area contributed by atoms with Crippen LogP contribution in [0.25, 0.3) is 0 Å². The van der Waals surface area contributed by atoms with E-state index in [1.165, 1.54) is 5.56 Å². The zero-order chi connectivity index (χ0) is 19.8. The van der Waals surface area contributed by atoms with Gasteiger partial charge in [-0.2, -0.15) is 0 Å². The summed E-state index contributed by atoms with van der Waals surface area (Å²) < 4.78 is 16.6. The Morgan fingerprint density at radius 1 is 1.25 bits per heavy atom. The first-order chi connectivity index (χ1) is 13.7. The van der Waals surface area contributed by atoms with Gasteiger partial charge in [0.1, 0.15) is 5.75 Å². The van der Waals surface area contributed by atoms with Crippen molar-refractivity contribution in [1.82, 2.24) is 5.32 Å². The van der Waals surface area contributed by atoms with Gasteiger partial charge in [0, 0.05) is 18.5 Å². The Bertz CT molecular complexity index is 807. The number of nitrogens with one attached hydrogen (secondary N) is 1. The lowest BCUT2D eigenvalue weighted by molar-refractivity contribution is 0.262. The minimum atomic E-state index is 0.143. The fourth-order valence-electron chi connectivity index (χ4n) is 3.34. The molecule has 1 heterocycles. The smallest absolute Gasteiger partial charge is 0.189 e. The highest BCUT2D eigenvalue weighted by Gasteiger charge is 2.21. The van der Waals surface area contributed by atoms with E-state index >= 15 is 0 Å². The van der Waals surface area contributed by atoms with E-state index in [4.69, 9.17) is 19.9 Å². The van der Waals surface area contributed by atoms with E-state index in [1.54, 1.807) is 7.11 Å². The predicted molar refractivity (Wildman–Crippen MR) is 111 cm³/mol. The van der Waals surface area contributed by atoms with Gasteiger partial charge in [-0.25, -0.2) is 0 Å². The van der Waals surface area contributed by atoms with Gasteiger partial charge in [-0.3, -0.25) is 4.99 Å². The summed E-state index contributed by atoms with van der Waals surface area (Å²) >= 11 is 0. The monoisotopic (exact) mass is 383 g/mol. The molecule has 150 valence electrons. The first-order valence-corrected chi connectivity index (χ1v) is 9.79. The molecular weight excluding hydrogens is 354 g/mol. The maximum Gasteiger partial charge on any atom is 0.189 e. The Morgan fingerprint density at radius 2 is 2.11 bits per heavy atom. The highest BCUT2D eigenvalue weighted by Crippen LogP contribution is 2.31. The number of ether oxygens (including phenoxy) is 3. The number of nitrogens with two attached hydrogens (primary N) is 1. The van der Waals surface area contributed by atoms with Crippen LogP contribution in [0.2, 0.25) is 0 Å². The molecule has 3 rings (SSSR count). The molecule has 0 spiro atoms. The van der Waals surface area contributed by atoms with Crippen molar-refractivity contribution >= 4 is 5.96 Å². The number of para-hydroxylation sites is 1. The summed E-state index contributed by atoms with van der Waals surface area (Å²) in [5, 5.41) is 3.33. The zero-order valence-corrected chi connectivity index (χ0v) is 16.6. The van der Waals surface area contributed by atoms with Gasteiger partial charge in [0.05, 0.1) is 26.4 Å². The highest BCUT2D eigenvalue weighted by atomic mass is 16.5. The first kappa shape index (κ1) is 19.9. The molecule has 0 fully saturated rings. The van der Waals surface area contributed by atoms with Crippen LogP contribution in [0, 0.1) is 0 Å². The van der Waals surface area contributed by atoms with Gasteiger partial charge in [0.15, 0.2) is 17.5 Å². The summed E-state index contributed by atoms with van der Waals surface area (Å²) in [6.45, 7) is 3.93. The predicted octanol–water partition coefficient (Wildman–Crippen LogP) is 3.45. The molecule has 1 unspecified atom stereocenters. The lowest BCUT2D eigenvalue weighted by Crippen LogP contribution is -2.37. The number of nitrogens with zero attached hydrogens (tertiary/aromatic N) is 1. The Morgan fingerprint density at radius 3 is 2.93 bits per heavy atom. The molecule has 0 radical (unpaired) electrons. The van der Waals surface area contributed by atoms with E-state index in [1.807, 2.05) is 37.3 Å². The van der Waals surface area contributed by atoms with Gasteiger partial charge in [-0.15, -0.1) is 0 Å². The van der Waals surface area contributed by atoms with Gasteiger partial charge < -0.3 is 25.3 Å². The summed E-state index contributed by atoms with van der Waals surface area (Å²) in [6, 6.07) is 14.2. The SMILES string of the molecule is CCOc1cc(CCCN=C(N)NC2CCOc3ccccc32)ccc1OC. The van der Waals surface area contributed by atoms with E-state index < -0.39 is 0 Å². The topological polar surface area (TPSA) is 78.1 Å². The third kappa shape index (κ3) is 5.09. The summed E-state index contributed by atoms with van der Waals surface area (Å²) in [4.78, 5) is 4.49. The van der Waals surface area contributed by atoms with Crippen LogP contribution < -0.4 is 25.3 Å². The Balaban J connectivity index is 1.51. The van der Waals surface area contributed by atoms with Crippen molar-refractivity contribution in [3.8, 4) is 17.2 Å². The molecule has 0 amide bonds. The second kappa shape index (κ2) is 9.88. The molecule has 1 aliphatic rings. The van der Waals surface area contributed by atoms with E-state index in [9.17, 15) is 0 Å². The van der Waals surface area contributed by atoms with Crippen molar-refractivity contribution in [3.05, 3.63) is 53.6 Å². The molecule has 1 atom stereocenters. The first-order valence-electron chi connectivity index (χ1n) is 9.79. The summed E-state index contributed by atoms with van der Waals surface area (Å²) in [5.41, 5.74) is 8.44. The van der Waals surface area contributed by atoms with Crippen LogP contribution in [0.1, 0.15) is 36.9 Å². The molecule has 0 saturated carbocycles. The van der Waals surface area contributed by atoms with Crippen molar-refractivity contribution in [2.75, 3.05) is 26.9 Å². The Labute approximate surface area is 166 Å². The molecule has 0 saturated heterocycles. The largest absolute Gasteiger partial charge is 0.493 e. The standard InChI is InChI=1S/C22H29N3O3/c1-3-27-21-15-16(10-11-20(21)26-2)7-6-13-24-22(23)25-18-12-14-28-19-9-5-4-8-17(18)19/h4-5,8-11,15,18H,3,6-7,12-14H2,1-2H3,(H3,23,24,25). The van der Waals surface area contributed by atoms with Gasteiger partial charge in [0.2, 0.25) is 0 Å². The second-order valence-electron chi connectivity index (χ2n) is 6.66. The van der Waals surface area contributed by atoms with Crippen LogP contribution in [0.15, 0.2) is 47.5 Å². The van der Waals surface area contributed by atoms with E-state index in [-0.39, 0.29) is 6.04 Å². The normalized spacial score (nSPS) is 16.1. The number of benzene rings is 2. The maximum absolute atomic E-state index is 6.10. The second-order valence-corrected chi connectivity index (χ2v) is 6.66. The quantitative estimate of drug-likeness (QED) is 0.415. The van der Waals surface area contributed by atoms with Crippen LogP contribution in [-0.4, -0.2) is 32.8 Å². The summed E-state index contributed by atoms with van der Waals surface area (Å²) in [7, 11) is 1.65. The fourth-order valence-corrected chi connectivity index (χ4v) is 3.34. The number of rotatable bonds is 8. The lowest BCUT2D eigenvalue weighted by Gasteiger charge is -2.26. The molecule has 1 aliphatic heterocycles. The van der Waals surface area contributed by atoms with E-state index in [2.05, 4.69) is 22.4 Å². The molecule has 3 N–H and O–H groups in total. The number of fused-ring (bicyclic) bond motifs is 1. The molecule has 0 aliphatic carbocycles.